The van der Waals surface area contributed by atoms with Gasteiger partial charge in [0.05, 0.1) is 35.1 Å². The Bertz CT molecular complexity index is 2170. The Morgan fingerprint density at radius 3 is 2.38 bits per heavy atom. The van der Waals surface area contributed by atoms with E-state index < -0.39 is 11.7 Å². The van der Waals surface area contributed by atoms with Gasteiger partial charge in [-0.1, -0.05) is 59.6 Å². The number of carbonyl (C=O) groups is 3. The first-order valence-electron chi connectivity index (χ1n) is 15.0. The number of halogens is 2. The number of aryl methyl sites for hydroxylation is 1. The average Bonchev–Trinajstić information content (AvgIpc) is 3.49. The van der Waals surface area contributed by atoms with E-state index in [1.54, 1.807) is 37.4 Å². The molecule has 244 valence electrons. The molecule has 48 heavy (non-hydrogen) atoms. The zero-order valence-corrected chi connectivity index (χ0v) is 27.4. The van der Waals surface area contributed by atoms with Crippen LogP contribution in [0.25, 0.3) is 39.2 Å². The number of rotatable bonds is 9. The van der Waals surface area contributed by atoms with Crippen LogP contribution in [0.2, 0.25) is 10.0 Å². The third kappa shape index (κ3) is 6.22. The van der Waals surface area contributed by atoms with Crippen molar-refractivity contribution >= 4 is 47.1 Å². The number of carbonyl (C=O) groups excluding carboxylic acids is 2. The van der Waals surface area contributed by atoms with Crippen molar-refractivity contribution in [3.05, 3.63) is 104 Å². The summed E-state index contributed by atoms with van der Waals surface area (Å²) in [5.41, 5.74) is 4.68. The number of aldehydes is 1. The lowest BCUT2D eigenvalue weighted by atomic mass is 9.97. The maximum atomic E-state index is 12.7. The molecule has 2 amide bonds. The summed E-state index contributed by atoms with van der Waals surface area (Å²) in [5, 5.41) is 13.5. The third-order valence-corrected chi connectivity index (χ3v) is 9.15. The van der Waals surface area contributed by atoms with Gasteiger partial charge in [-0.25, -0.2) is 14.8 Å². The molecule has 2 aromatic carbocycles. The van der Waals surface area contributed by atoms with Crippen LogP contribution in [0.3, 0.4) is 0 Å². The molecule has 1 fully saturated rings. The van der Waals surface area contributed by atoms with Crippen molar-refractivity contribution in [1.29, 1.82) is 0 Å². The molecule has 4 heterocycles. The van der Waals surface area contributed by atoms with Crippen LogP contribution in [0.15, 0.2) is 71.7 Å². The molecular weight excluding hydrogens is 657 g/mol. The van der Waals surface area contributed by atoms with E-state index in [-0.39, 0.29) is 36.5 Å². The van der Waals surface area contributed by atoms with Crippen LogP contribution in [0.1, 0.15) is 34.5 Å². The summed E-state index contributed by atoms with van der Waals surface area (Å²) < 4.78 is 6.88. The summed E-state index contributed by atoms with van der Waals surface area (Å²) in [6.07, 6.45) is 1.90. The number of aromatic nitrogens is 3. The predicted octanol–water partition coefficient (Wildman–Crippen LogP) is 6.29. The molecule has 5 aromatic rings. The molecule has 0 saturated carbocycles. The molecule has 1 atom stereocenters. The fourth-order valence-corrected chi connectivity index (χ4v) is 6.54. The molecule has 0 aliphatic carbocycles. The summed E-state index contributed by atoms with van der Waals surface area (Å²) in [6.45, 7) is 1.78. The SMILES string of the molecule is COc1nc(-c2cccc(-c3cccc(-c4ccn5c(=O)c(C=O)c(C)nc5c4)c3Cl)c2Cl)ccc1CN(C[C@@H]1CCC(=O)N1)C(=O)O. The number of nitrogens with one attached hydrogen (secondary N) is 1. The van der Waals surface area contributed by atoms with Crippen LogP contribution in [-0.2, 0) is 11.3 Å². The maximum Gasteiger partial charge on any atom is 0.407 e. The number of hydrogen-bond acceptors (Lipinski definition) is 7. The fourth-order valence-electron chi connectivity index (χ4n) is 5.88. The zero-order valence-electron chi connectivity index (χ0n) is 25.9. The van der Waals surface area contributed by atoms with E-state index in [9.17, 15) is 24.3 Å². The van der Waals surface area contributed by atoms with Gasteiger partial charge in [-0.2, -0.15) is 0 Å². The van der Waals surface area contributed by atoms with E-state index in [1.165, 1.54) is 16.4 Å². The molecule has 1 aliphatic heterocycles. The average molecular weight is 687 g/mol. The first kappa shape index (κ1) is 32.7. The van der Waals surface area contributed by atoms with Crippen molar-refractivity contribution in [3.63, 3.8) is 0 Å². The van der Waals surface area contributed by atoms with Gasteiger partial charge >= 0.3 is 6.09 Å². The van der Waals surface area contributed by atoms with Gasteiger partial charge in [-0.3, -0.25) is 18.8 Å². The number of hydrogen-bond donors (Lipinski definition) is 2. The summed E-state index contributed by atoms with van der Waals surface area (Å²) in [6, 6.07) is 17.8. The van der Waals surface area contributed by atoms with Crippen molar-refractivity contribution in [2.24, 2.45) is 0 Å². The molecule has 0 radical (unpaired) electrons. The van der Waals surface area contributed by atoms with Crippen LogP contribution in [0.4, 0.5) is 4.79 Å². The highest BCUT2D eigenvalue weighted by atomic mass is 35.5. The van der Waals surface area contributed by atoms with Gasteiger partial charge in [0.25, 0.3) is 5.56 Å². The molecule has 6 rings (SSSR count). The van der Waals surface area contributed by atoms with Crippen LogP contribution in [0.5, 0.6) is 5.88 Å². The van der Waals surface area contributed by atoms with E-state index in [2.05, 4.69) is 15.3 Å². The number of amides is 2. The molecule has 0 spiro atoms. The van der Waals surface area contributed by atoms with Crippen LogP contribution in [0, 0.1) is 6.92 Å². The van der Waals surface area contributed by atoms with E-state index >= 15 is 0 Å². The van der Waals surface area contributed by atoms with E-state index in [0.717, 1.165) is 0 Å². The Labute approximate surface area is 284 Å². The van der Waals surface area contributed by atoms with Gasteiger partial charge in [0, 0.05) is 53.0 Å². The largest absolute Gasteiger partial charge is 0.481 e. The third-order valence-electron chi connectivity index (χ3n) is 8.34. The molecule has 13 heteroatoms. The quantitative estimate of drug-likeness (QED) is 0.173. The molecule has 0 bridgehead atoms. The van der Waals surface area contributed by atoms with Gasteiger partial charge in [-0.05, 0) is 43.2 Å². The highest BCUT2D eigenvalue weighted by Crippen LogP contribution is 2.42. The first-order chi connectivity index (χ1) is 23.1. The number of fused-ring (bicyclic) bond motifs is 1. The van der Waals surface area contributed by atoms with Gasteiger partial charge in [0.2, 0.25) is 11.8 Å². The monoisotopic (exact) mass is 685 g/mol. The Kier molecular flexibility index (Phi) is 9.16. The van der Waals surface area contributed by atoms with Crippen molar-refractivity contribution < 1.29 is 24.2 Å². The molecule has 0 unspecified atom stereocenters. The smallest absolute Gasteiger partial charge is 0.407 e. The van der Waals surface area contributed by atoms with Gasteiger partial charge in [0.15, 0.2) is 6.29 Å². The predicted molar refractivity (Wildman–Crippen MR) is 182 cm³/mol. The molecule has 2 N–H and O–H groups in total. The highest BCUT2D eigenvalue weighted by Gasteiger charge is 2.26. The second-order valence-corrected chi connectivity index (χ2v) is 12.1. The first-order valence-corrected chi connectivity index (χ1v) is 15.7. The minimum atomic E-state index is -1.12. The van der Waals surface area contributed by atoms with E-state index in [1.807, 2.05) is 36.4 Å². The van der Waals surface area contributed by atoms with E-state index in [0.29, 0.717) is 79.6 Å². The number of methoxy groups -OCH3 is 1. The zero-order chi connectivity index (χ0) is 34.1. The summed E-state index contributed by atoms with van der Waals surface area (Å²) in [5.74, 6) is 0.158. The number of nitrogens with zero attached hydrogens (tertiary/aromatic N) is 4. The minimum absolute atomic E-state index is 0.00870. The maximum absolute atomic E-state index is 12.7. The van der Waals surface area contributed by atoms with Crippen molar-refractivity contribution in [2.45, 2.75) is 32.4 Å². The van der Waals surface area contributed by atoms with Crippen LogP contribution in [-0.4, -0.2) is 62.4 Å². The second kappa shape index (κ2) is 13.5. The van der Waals surface area contributed by atoms with Crippen LogP contribution < -0.4 is 15.6 Å². The molecule has 3 aromatic heterocycles. The number of benzene rings is 2. The van der Waals surface area contributed by atoms with Crippen molar-refractivity contribution in [3.8, 4) is 39.4 Å². The summed E-state index contributed by atoms with van der Waals surface area (Å²) >= 11 is 14.0. The Morgan fingerprint density at radius 1 is 1.04 bits per heavy atom. The normalized spacial score (nSPS) is 14.2. The Morgan fingerprint density at radius 2 is 1.73 bits per heavy atom. The van der Waals surface area contributed by atoms with Gasteiger partial charge in [0.1, 0.15) is 11.2 Å². The topological polar surface area (TPSA) is 143 Å². The Hall–Kier alpha value is -5.26. The highest BCUT2D eigenvalue weighted by molar-refractivity contribution is 6.39. The summed E-state index contributed by atoms with van der Waals surface area (Å²) in [4.78, 5) is 58.1. The lowest BCUT2D eigenvalue weighted by Gasteiger charge is -2.23. The van der Waals surface area contributed by atoms with Crippen LogP contribution >= 0.6 is 23.2 Å². The molecular formula is C35H29Cl2N5O6. The molecule has 1 aliphatic rings. The lowest BCUT2D eigenvalue weighted by Crippen LogP contribution is -2.41. The fraction of sp³-hybridized carbons (Fsp3) is 0.200. The van der Waals surface area contributed by atoms with Crippen molar-refractivity contribution in [1.82, 2.24) is 24.6 Å². The standard InChI is InChI=1S/C35H29Cl2N5O6/c1-19-27(18-43)34(45)42-14-13-20(15-29(42)38-19)23-5-3-6-24(31(23)36)25-7-4-8-26(32(25)37)28-11-9-21(33(40-28)48-2)16-41(35(46)47)17-22-10-12-30(44)39-22/h3-9,11,13-15,18,22H,10,12,16-17H2,1-2H3,(H,39,44)(H,46,47)/t22-/m0/s1. The summed E-state index contributed by atoms with van der Waals surface area (Å²) in [7, 11) is 1.46. The Balaban J connectivity index is 1.33. The second-order valence-electron chi connectivity index (χ2n) is 11.3. The number of pyridine rings is 2. The minimum Gasteiger partial charge on any atom is -0.481 e. The van der Waals surface area contributed by atoms with Gasteiger partial charge in [-0.15, -0.1) is 0 Å². The molecule has 1 saturated heterocycles. The lowest BCUT2D eigenvalue weighted by molar-refractivity contribution is -0.119. The number of ether oxygens (including phenoxy) is 1. The van der Waals surface area contributed by atoms with Gasteiger partial charge < -0.3 is 20.1 Å². The molecule has 11 nitrogen and oxygen atoms in total. The van der Waals surface area contributed by atoms with E-state index in [4.69, 9.17) is 27.9 Å². The van der Waals surface area contributed by atoms with Crippen molar-refractivity contribution in [2.75, 3.05) is 13.7 Å². The number of carboxylic acid groups (broad SMARTS) is 1.